The Kier molecular flexibility index (Phi) is 2.94. The van der Waals surface area contributed by atoms with E-state index in [2.05, 4.69) is 34.6 Å². The van der Waals surface area contributed by atoms with Crippen LogP contribution in [0.2, 0.25) is 0 Å². The van der Waals surface area contributed by atoms with Crippen molar-refractivity contribution in [1.29, 1.82) is 0 Å². The number of rotatable bonds is 5. The number of aryl methyl sites for hydroxylation is 2. The van der Waals surface area contributed by atoms with E-state index in [0.717, 1.165) is 38.5 Å². The summed E-state index contributed by atoms with van der Waals surface area (Å²) in [4.78, 5) is 2.46. The standard InChI is InChI=1S/C14H24N4/c1-3-12-7-13(18(4-2)16-12)8-17-9-14(15,10-17)11-5-6-11/h7,11H,3-6,8-10,15H2,1-2H3. The fraction of sp³-hybridized carbons (Fsp3) is 0.786. The van der Waals surface area contributed by atoms with Gasteiger partial charge in [0.1, 0.15) is 0 Å². The van der Waals surface area contributed by atoms with Crippen molar-refractivity contribution >= 4 is 0 Å². The van der Waals surface area contributed by atoms with Crippen molar-refractivity contribution in [2.75, 3.05) is 13.1 Å². The predicted molar refractivity (Wildman–Crippen MR) is 72.2 cm³/mol. The molecule has 3 rings (SSSR count). The topological polar surface area (TPSA) is 47.1 Å². The van der Waals surface area contributed by atoms with Crippen LogP contribution in [0.5, 0.6) is 0 Å². The first-order valence-electron chi connectivity index (χ1n) is 7.21. The molecule has 1 saturated carbocycles. The van der Waals surface area contributed by atoms with Gasteiger partial charge in [-0.2, -0.15) is 5.10 Å². The van der Waals surface area contributed by atoms with Gasteiger partial charge in [0.2, 0.25) is 0 Å². The van der Waals surface area contributed by atoms with Gasteiger partial charge in [0.15, 0.2) is 0 Å². The zero-order valence-corrected chi connectivity index (χ0v) is 11.5. The lowest BCUT2D eigenvalue weighted by molar-refractivity contribution is 0.0455. The number of likely N-dealkylation sites (tertiary alicyclic amines) is 1. The summed E-state index contributed by atoms with van der Waals surface area (Å²) in [5.74, 6) is 0.802. The minimum absolute atomic E-state index is 0.130. The molecule has 0 bridgehead atoms. The lowest BCUT2D eigenvalue weighted by Crippen LogP contribution is -2.68. The molecule has 0 aromatic carbocycles. The van der Waals surface area contributed by atoms with Gasteiger partial charge in [0, 0.05) is 31.7 Å². The van der Waals surface area contributed by atoms with Crippen LogP contribution in [-0.4, -0.2) is 33.3 Å². The van der Waals surface area contributed by atoms with E-state index < -0.39 is 0 Å². The summed E-state index contributed by atoms with van der Waals surface area (Å²) in [7, 11) is 0. The second-order valence-corrected chi connectivity index (χ2v) is 5.95. The van der Waals surface area contributed by atoms with E-state index in [9.17, 15) is 0 Å². The van der Waals surface area contributed by atoms with E-state index in [0.29, 0.717) is 0 Å². The van der Waals surface area contributed by atoms with E-state index in [1.54, 1.807) is 0 Å². The normalized spacial score (nSPS) is 23.1. The van der Waals surface area contributed by atoms with Crippen LogP contribution in [0.15, 0.2) is 6.07 Å². The third-order valence-corrected chi connectivity index (χ3v) is 4.39. The molecule has 0 spiro atoms. The van der Waals surface area contributed by atoms with Crippen LogP contribution in [0.25, 0.3) is 0 Å². The van der Waals surface area contributed by atoms with Gasteiger partial charge in [-0.05, 0) is 38.2 Å². The van der Waals surface area contributed by atoms with Crippen molar-refractivity contribution < 1.29 is 0 Å². The predicted octanol–water partition coefficient (Wildman–Crippen LogP) is 1.39. The molecule has 1 aromatic heterocycles. The number of hydrogen-bond acceptors (Lipinski definition) is 3. The van der Waals surface area contributed by atoms with Crippen LogP contribution < -0.4 is 5.73 Å². The zero-order chi connectivity index (χ0) is 12.8. The first kappa shape index (κ1) is 12.2. The maximum absolute atomic E-state index is 6.39. The summed E-state index contributed by atoms with van der Waals surface area (Å²) in [6.45, 7) is 8.41. The quantitative estimate of drug-likeness (QED) is 0.856. The van der Waals surface area contributed by atoms with E-state index in [-0.39, 0.29) is 5.54 Å². The monoisotopic (exact) mass is 248 g/mol. The minimum Gasteiger partial charge on any atom is -0.323 e. The Balaban J connectivity index is 1.61. The first-order valence-corrected chi connectivity index (χ1v) is 7.21. The van der Waals surface area contributed by atoms with Gasteiger partial charge in [0.25, 0.3) is 0 Å². The van der Waals surface area contributed by atoms with Gasteiger partial charge < -0.3 is 5.73 Å². The average molecular weight is 248 g/mol. The maximum Gasteiger partial charge on any atom is 0.0625 e. The molecule has 0 amide bonds. The van der Waals surface area contributed by atoms with Crippen molar-refractivity contribution in [3.63, 3.8) is 0 Å². The molecule has 0 atom stereocenters. The largest absolute Gasteiger partial charge is 0.323 e. The van der Waals surface area contributed by atoms with Crippen LogP contribution in [0.4, 0.5) is 0 Å². The van der Waals surface area contributed by atoms with Crippen molar-refractivity contribution in [1.82, 2.24) is 14.7 Å². The highest BCUT2D eigenvalue weighted by Gasteiger charge is 2.50. The molecule has 2 aliphatic rings. The number of nitrogens with two attached hydrogens (primary N) is 1. The Labute approximate surface area is 109 Å². The summed E-state index contributed by atoms with van der Waals surface area (Å²) in [5, 5.41) is 4.60. The van der Waals surface area contributed by atoms with E-state index in [4.69, 9.17) is 5.73 Å². The summed E-state index contributed by atoms with van der Waals surface area (Å²) in [5.41, 5.74) is 9.06. The Morgan fingerprint density at radius 1 is 1.39 bits per heavy atom. The second-order valence-electron chi connectivity index (χ2n) is 5.95. The Morgan fingerprint density at radius 2 is 2.11 bits per heavy atom. The summed E-state index contributed by atoms with van der Waals surface area (Å²) < 4.78 is 2.13. The molecular weight excluding hydrogens is 224 g/mol. The SMILES string of the molecule is CCc1cc(CN2CC(N)(C3CC3)C2)n(CC)n1. The molecule has 1 aliphatic carbocycles. The molecule has 0 radical (unpaired) electrons. The van der Waals surface area contributed by atoms with Gasteiger partial charge in [-0.25, -0.2) is 0 Å². The van der Waals surface area contributed by atoms with Crippen LogP contribution >= 0.6 is 0 Å². The van der Waals surface area contributed by atoms with Gasteiger partial charge in [-0.1, -0.05) is 6.92 Å². The first-order chi connectivity index (χ1) is 8.64. The Morgan fingerprint density at radius 3 is 2.67 bits per heavy atom. The number of nitrogens with zero attached hydrogens (tertiary/aromatic N) is 3. The zero-order valence-electron chi connectivity index (χ0n) is 11.5. The van der Waals surface area contributed by atoms with Gasteiger partial charge in [-0.15, -0.1) is 0 Å². The molecule has 2 N–H and O–H groups in total. The minimum atomic E-state index is 0.130. The second kappa shape index (κ2) is 4.35. The molecular formula is C14H24N4. The van der Waals surface area contributed by atoms with Crippen LogP contribution in [0, 0.1) is 5.92 Å². The molecule has 4 nitrogen and oxygen atoms in total. The van der Waals surface area contributed by atoms with E-state index >= 15 is 0 Å². The summed E-state index contributed by atoms with van der Waals surface area (Å²) >= 11 is 0. The Hall–Kier alpha value is -0.870. The third-order valence-electron chi connectivity index (χ3n) is 4.39. The highest BCUT2D eigenvalue weighted by molar-refractivity contribution is 5.14. The van der Waals surface area contributed by atoms with Gasteiger partial charge in [-0.3, -0.25) is 9.58 Å². The molecule has 2 heterocycles. The van der Waals surface area contributed by atoms with Crippen molar-refractivity contribution in [2.45, 2.75) is 51.7 Å². The highest BCUT2D eigenvalue weighted by atomic mass is 15.3. The van der Waals surface area contributed by atoms with Crippen molar-refractivity contribution in [3.05, 3.63) is 17.5 Å². The lowest BCUT2D eigenvalue weighted by Gasteiger charge is -2.48. The molecule has 1 aromatic rings. The third kappa shape index (κ3) is 2.08. The lowest BCUT2D eigenvalue weighted by atomic mass is 9.85. The molecule has 4 heteroatoms. The smallest absolute Gasteiger partial charge is 0.0625 e. The highest BCUT2D eigenvalue weighted by Crippen LogP contribution is 2.43. The summed E-state index contributed by atoms with van der Waals surface area (Å²) in [6, 6.07) is 2.25. The molecule has 18 heavy (non-hydrogen) atoms. The fourth-order valence-corrected chi connectivity index (χ4v) is 3.13. The molecule has 100 valence electrons. The van der Waals surface area contributed by atoms with Crippen molar-refractivity contribution in [3.8, 4) is 0 Å². The van der Waals surface area contributed by atoms with Crippen LogP contribution in [0.3, 0.4) is 0 Å². The number of hydrogen-bond donors (Lipinski definition) is 1. The van der Waals surface area contributed by atoms with E-state index in [1.807, 2.05) is 0 Å². The van der Waals surface area contributed by atoms with Crippen molar-refractivity contribution in [2.24, 2.45) is 11.7 Å². The summed E-state index contributed by atoms with van der Waals surface area (Å²) in [6.07, 6.45) is 3.71. The van der Waals surface area contributed by atoms with E-state index in [1.165, 1.54) is 24.2 Å². The van der Waals surface area contributed by atoms with Gasteiger partial charge in [0.05, 0.1) is 11.4 Å². The molecule has 2 fully saturated rings. The average Bonchev–Trinajstić information content (AvgIpc) is 3.10. The maximum atomic E-state index is 6.39. The van der Waals surface area contributed by atoms with Gasteiger partial charge >= 0.3 is 0 Å². The van der Waals surface area contributed by atoms with Crippen LogP contribution in [-0.2, 0) is 19.5 Å². The fourth-order valence-electron chi connectivity index (χ4n) is 3.13. The molecule has 1 saturated heterocycles. The van der Waals surface area contributed by atoms with Crippen LogP contribution in [0.1, 0.15) is 38.1 Å². The Bertz CT molecular complexity index is 427. The molecule has 1 aliphatic heterocycles. The number of aromatic nitrogens is 2. The molecule has 0 unspecified atom stereocenters.